The fourth-order valence-electron chi connectivity index (χ4n) is 4.70. The van der Waals surface area contributed by atoms with Crippen molar-refractivity contribution in [3.05, 3.63) is 108 Å². The highest BCUT2D eigenvalue weighted by Crippen LogP contribution is 2.34. The predicted octanol–water partition coefficient (Wildman–Crippen LogP) is 7.68. The molecule has 0 radical (unpaired) electrons. The lowest BCUT2D eigenvalue weighted by Gasteiger charge is -2.33. The van der Waals surface area contributed by atoms with Gasteiger partial charge < -0.3 is 23.8 Å². The lowest BCUT2D eigenvalue weighted by Crippen LogP contribution is -2.44. The summed E-state index contributed by atoms with van der Waals surface area (Å²) in [4.78, 5) is 18.9. The van der Waals surface area contributed by atoms with Crippen molar-refractivity contribution in [2.24, 2.45) is 0 Å². The van der Waals surface area contributed by atoms with Gasteiger partial charge in [-0.15, -0.1) is 0 Å². The van der Waals surface area contributed by atoms with E-state index in [1.54, 1.807) is 4.90 Å². The lowest BCUT2D eigenvalue weighted by molar-refractivity contribution is 0.0126. The average Bonchev–Trinajstić information content (AvgIpc) is 3.00. The summed E-state index contributed by atoms with van der Waals surface area (Å²) >= 11 is 0. The maximum Gasteiger partial charge on any atom is 0.410 e. The molecule has 7 nitrogen and oxygen atoms in total. The Hall–Kier alpha value is -4.52. The molecule has 2 heterocycles. The molecule has 0 bridgehead atoms. The van der Waals surface area contributed by atoms with Crippen molar-refractivity contribution in [1.29, 1.82) is 0 Å². The molecule has 42 heavy (non-hydrogen) atoms. The molecule has 1 fully saturated rings. The number of hydrogen-bond donors (Lipinski definition) is 0. The highest BCUT2D eigenvalue weighted by Gasteiger charge is 2.27. The summed E-state index contributed by atoms with van der Waals surface area (Å²) in [5, 5.41) is 0. The zero-order valence-corrected chi connectivity index (χ0v) is 24.5. The largest absolute Gasteiger partial charge is 0.490 e. The van der Waals surface area contributed by atoms with Gasteiger partial charge in [0.25, 0.3) is 0 Å². The number of nitrogens with zero attached hydrogens (tertiary/aromatic N) is 2. The Labute approximate surface area is 248 Å². The zero-order valence-electron chi connectivity index (χ0n) is 24.5. The van der Waals surface area contributed by atoms with Gasteiger partial charge in [0.1, 0.15) is 30.7 Å². The highest BCUT2D eigenvalue weighted by atomic mass is 16.6. The SMILES string of the molecule is CC(C)(C)OC(=O)N1CCC(Oc2cccc(-c3ccc(OCc4ccccc4)nc3OCc3ccccc3)c2)CC1. The maximum atomic E-state index is 12.4. The van der Waals surface area contributed by atoms with E-state index in [0.717, 1.165) is 40.8 Å². The van der Waals surface area contributed by atoms with Crippen LogP contribution in [0.25, 0.3) is 11.1 Å². The van der Waals surface area contributed by atoms with Crippen LogP contribution in [0, 0.1) is 0 Å². The fraction of sp³-hybridized carbons (Fsp3) is 0.314. The van der Waals surface area contributed by atoms with Crippen LogP contribution < -0.4 is 14.2 Å². The molecule has 1 aliphatic rings. The van der Waals surface area contributed by atoms with Crippen molar-refractivity contribution < 1.29 is 23.7 Å². The van der Waals surface area contributed by atoms with E-state index in [1.807, 2.05) is 118 Å². The van der Waals surface area contributed by atoms with Crippen molar-refractivity contribution in [2.45, 2.75) is 58.5 Å². The summed E-state index contributed by atoms with van der Waals surface area (Å²) in [5.74, 6) is 1.75. The van der Waals surface area contributed by atoms with Gasteiger partial charge in [-0.05, 0) is 55.7 Å². The third-order valence-electron chi connectivity index (χ3n) is 6.82. The summed E-state index contributed by atoms with van der Waals surface area (Å²) in [6, 6.07) is 31.8. The quantitative estimate of drug-likeness (QED) is 0.207. The molecule has 5 rings (SSSR count). The number of benzene rings is 3. The van der Waals surface area contributed by atoms with Gasteiger partial charge in [0.2, 0.25) is 11.8 Å². The minimum atomic E-state index is -0.504. The second-order valence-corrected chi connectivity index (χ2v) is 11.4. The second-order valence-electron chi connectivity index (χ2n) is 11.4. The van der Waals surface area contributed by atoms with Crippen LogP contribution in [0.5, 0.6) is 17.5 Å². The first-order valence-electron chi connectivity index (χ1n) is 14.4. The van der Waals surface area contributed by atoms with Crippen LogP contribution >= 0.6 is 0 Å². The topological polar surface area (TPSA) is 70.1 Å². The highest BCUT2D eigenvalue weighted by molar-refractivity contribution is 5.70. The maximum absolute atomic E-state index is 12.4. The number of ether oxygens (including phenoxy) is 4. The minimum Gasteiger partial charge on any atom is -0.490 e. The molecular formula is C35H38N2O5. The Kier molecular flexibility index (Phi) is 9.27. The molecule has 3 aromatic carbocycles. The van der Waals surface area contributed by atoms with Gasteiger partial charge in [0, 0.05) is 37.6 Å². The van der Waals surface area contributed by atoms with Crippen LogP contribution in [-0.4, -0.2) is 40.8 Å². The Balaban J connectivity index is 1.29. The predicted molar refractivity (Wildman–Crippen MR) is 163 cm³/mol. The van der Waals surface area contributed by atoms with Gasteiger partial charge in [-0.25, -0.2) is 4.79 Å². The molecule has 0 saturated carbocycles. The van der Waals surface area contributed by atoms with Gasteiger partial charge >= 0.3 is 6.09 Å². The number of piperidine rings is 1. The first kappa shape index (κ1) is 29.0. The minimum absolute atomic E-state index is 0.0135. The molecule has 0 unspecified atom stereocenters. The number of pyridine rings is 1. The third kappa shape index (κ3) is 8.26. The lowest BCUT2D eigenvalue weighted by atomic mass is 10.1. The summed E-state index contributed by atoms with van der Waals surface area (Å²) in [6.45, 7) is 7.65. The number of carbonyl (C=O) groups excluding carboxylic acids is 1. The van der Waals surface area contributed by atoms with Crippen LogP contribution in [0.3, 0.4) is 0 Å². The van der Waals surface area contributed by atoms with Crippen molar-refractivity contribution in [2.75, 3.05) is 13.1 Å². The molecule has 0 atom stereocenters. The molecule has 0 spiro atoms. The van der Waals surface area contributed by atoms with Crippen LogP contribution in [0.2, 0.25) is 0 Å². The Morgan fingerprint density at radius 3 is 2.10 bits per heavy atom. The van der Waals surface area contributed by atoms with Crippen molar-refractivity contribution >= 4 is 6.09 Å². The summed E-state index contributed by atoms with van der Waals surface area (Å²) in [6.07, 6.45) is 1.22. The van der Waals surface area contributed by atoms with Gasteiger partial charge in [-0.3, -0.25) is 0 Å². The van der Waals surface area contributed by atoms with Crippen LogP contribution in [0.1, 0.15) is 44.7 Å². The van der Waals surface area contributed by atoms with Crippen molar-refractivity contribution in [3.8, 4) is 28.6 Å². The van der Waals surface area contributed by atoms with E-state index in [2.05, 4.69) is 0 Å². The molecular weight excluding hydrogens is 528 g/mol. The molecule has 4 aromatic rings. The number of amides is 1. The summed E-state index contributed by atoms with van der Waals surface area (Å²) < 4.78 is 24.1. The first-order chi connectivity index (χ1) is 20.3. The van der Waals surface area contributed by atoms with Gasteiger partial charge in [0.05, 0.1) is 0 Å². The molecule has 0 N–H and O–H groups in total. The van der Waals surface area contributed by atoms with Crippen molar-refractivity contribution in [1.82, 2.24) is 9.88 Å². The molecule has 1 aromatic heterocycles. The Bertz CT molecular complexity index is 1450. The number of hydrogen-bond acceptors (Lipinski definition) is 6. The molecule has 1 saturated heterocycles. The third-order valence-corrected chi connectivity index (χ3v) is 6.82. The Morgan fingerprint density at radius 2 is 1.45 bits per heavy atom. The standard InChI is InChI=1S/C35H38N2O5/c1-35(2,3)42-34(38)37-21-19-29(20-22-37)41-30-16-10-15-28(23-30)31-17-18-32(39-24-26-11-6-4-7-12-26)36-33(31)40-25-27-13-8-5-9-14-27/h4-18,23,29H,19-22,24-25H2,1-3H3. The van der Waals surface area contributed by atoms with Crippen LogP contribution in [-0.2, 0) is 18.0 Å². The van der Waals surface area contributed by atoms with E-state index in [9.17, 15) is 4.79 Å². The van der Waals surface area contributed by atoms with Crippen LogP contribution in [0.4, 0.5) is 4.79 Å². The van der Waals surface area contributed by atoms with Gasteiger partial charge in [-0.1, -0.05) is 72.8 Å². The fourth-order valence-corrected chi connectivity index (χ4v) is 4.70. The molecule has 0 aliphatic carbocycles. The monoisotopic (exact) mass is 566 g/mol. The normalized spacial score (nSPS) is 13.8. The molecule has 218 valence electrons. The van der Waals surface area contributed by atoms with E-state index in [1.165, 1.54) is 0 Å². The molecule has 7 heteroatoms. The number of carbonyl (C=O) groups is 1. The first-order valence-corrected chi connectivity index (χ1v) is 14.4. The average molecular weight is 567 g/mol. The van der Waals surface area contributed by atoms with Crippen molar-refractivity contribution in [3.63, 3.8) is 0 Å². The number of aromatic nitrogens is 1. The van der Waals surface area contributed by atoms with E-state index >= 15 is 0 Å². The number of rotatable bonds is 9. The van der Waals surface area contributed by atoms with Crippen LogP contribution in [0.15, 0.2) is 97.1 Å². The number of likely N-dealkylation sites (tertiary alicyclic amines) is 1. The van der Waals surface area contributed by atoms with E-state index in [4.69, 9.17) is 23.9 Å². The summed E-state index contributed by atoms with van der Waals surface area (Å²) in [5.41, 5.74) is 3.40. The van der Waals surface area contributed by atoms with Gasteiger partial charge in [0.15, 0.2) is 0 Å². The summed E-state index contributed by atoms with van der Waals surface area (Å²) in [7, 11) is 0. The smallest absolute Gasteiger partial charge is 0.410 e. The molecule has 1 aliphatic heterocycles. The van der Waals surface area contributed by atoms with Gasteiger partial charge in [-0.2, -0.15) is 4.98 Å². The second kappa shape index (κ2) is 13.4. The van der Waals surface area contributed by atoms with E-state index in [-0.39, 0.29) is 12.2 Å². The molecule has 1 amide bonds. The Morgan fingerprint density at radius 1 is 0.810 bits per heavy atom. The van der Waals surface area contributed by atoms with E-state index in [0.29, 0.717) is 38.1 Å². The zero-order chi connectivity index (χ0) is 29.4. The van der Waals surface area contributed by atoms with E-state index < -0.39 is 5.60 Å².